The van der Waals surface area contributed by atoms with E-state index in [9.17, 15) is 14.0 Å². The van der Waals surface area contributed by atoms with Crippen molar-refractivity contribution in [2.24, 2.45) is 0 Å². The van der Waals surface area contributed by atoms with Gasteiger partial charge in [-0.2, -0.15) is 0 Å². The summed E-state index contributed by atoms with van der Waals surface area (Å²) in [7, 11) is 0. The van der Waals surface area contributed by atoms with Crippen molar-refractivity contribution < 1.29 is 14.0 Å². The standard InChI is InChI=1S/C28H25ClFN3O2/c29-24-9-5-20(6-10-24)15-27(28(35)32-14-2-4-21-3-1-13-31-18-21)33(19-34)26-12-8-22-16-25(30)11-7-23(22)17-26/h1,3,5-13,16-19,27H,2,4,14-15H2,(H,32,35)/t27-/m0/s1. The molecule has 5 nitrogen and oxygen atoms in total. The molecule has 0 saturated carbocycles. The maximum Gasteiger partial charge on any atom is 0.243 e. The lowest BCUT2D eigenvalue weighted by atomic mass is 10.0. The first kappa shape index (κ1) is 24.4. The molecule has 0 aliphatic rings. The number of anilines is 1. The highest BCUT2D eigenvalue weighted by molar-refractivity contribution is 6.30. The van der Waals surface area contributed by atoms with Crippen LogP contribution >= 0.6 is 11.6 Å². The number of aryl methyl sites for hydroxylation is 1. The largest absolute Gasteiger partial charge is 0.354 e. The smallest absolute Gasteiger partial charge is 0.243 e. The molecule has 7 heteroatoms. The molecule has 2 amide bonds. The lowest BCUT2D eigenvalue weighted by molar-refractivity contribution is -0.123. The number of fused-ring (bicyclic) bond motifs is 1. The van der Waals surface area contributed by atoms with Gasteiger partial charge in [-0.15, -0.1) is 0 Å². The van der Waals surface area contributed by atoms with Crippen LogP contribution in [0.5, 0.6) is 0 Å². The Labute approximate surface area is 208 Å². The van der Waals surface area contributed by atoms with Crippen molar-refractivity contribution in [3.63, 3.8) is 0 Å². The van der Waals surface area contributed by atoms with Crippen LogP contribution in [0.1, 0.15) is 17.5 Å². The van der Waals surface area contributed by atoms with Crippen molar-refractivity contribution in [3.8, 4) is 0 Å². The van der Waals surface area contributed by atoms with Gasteiger partial charge in [0.1, 0.15) is 11.9 Å². The molecule has 0 bridgehead atoms. The highest BCUT2D eigenvalue weighted by Crippen LogP contribution is 2.25. The van der Waals surface area contributed by atoms with Crippen molar-refractivity contribution >= 4 is 40.4 Å². The fraction of sp³-hybridized carbons (Fsp3) is 0.179. The molecule has 4 aromatic rings. The summed E-state index contributed by atoms with van der Waals surface area (Å²) in [6.07, 6.45) is 6.05. The molecule has 4 rings (SSSR count). The van der Waals surface area contributed by atoms with Crippen LogP contribution in [0, 0.1) is 5.82 Å². The lowest BCUT2D eigenvalue weighted by Crippen LogP contribution is -2.48. The van der Waals surface area contributed by atoms with Crippen LogP contribution in [-0.4, -0.2) is 29.9 Å². The first-order valence-electron chi connectivity index (χ1n) is 11.4. The van der Waals surface area contributed by atoms with Gasteiger partial charge in [0.05, 0.1) is 0 Å². The summed E-state index contributed by atoms with van der Waals surface area (Å²) in [4.78, 5) is 31.1. The molecule has 0 aliphatic heterocycles. The van der Waals surface area contributed by atoms with Crippen molar-refractivity contribution in [1.82, 2.24) is 10.3 Å². The molecule has 3 aromatic carbocycles. The molecule has 0 spiro atoms. The van der Waals surface area contributed by atoms with Gasteiger partial charge in [-0.3, -0.25) is 14.6 Å². The summed E-state index contributed by atoms with van der Waals surface area (Å²) in [5.74, 6) is -0.582. The Balaban J connectivity index is 1.54. The summed E-state index contributed by atoms with van der Waals surface area (Å²) < 4.78 is 13.6. The predicted octanol–water partition coefficient (Wildman–Crippen LogP) is 5.35. The van der Waals surface area contributed by atoms with E-state index in [-0.39, 0.29) is 11.7 Å². The molecule has 1 aromatic heterocycles. The van der Waals surface area contributed by atoms with E-state index in [1.807, 2.05) is 30.5 Å². The topological polar surface area (TPSA) is 62.3 Å². The average molecular weight is 490 g/mol. The summed E-state index contributed by atoms with van der Waals surface area (Å²) in [6.45, 7) is 0.467. The number of aromatic nitrogens is 1. The highest BCUT2D eigenvalue weighted by Gasteiger charge is 2.26. The Morgan fingerprint density at radius 2 is 1.80 bits per heavy atom. The van der Waals surface area contributed by atoms with Crippen molar-refractivity contribution in [1.29, 1.82) is 0 Å². The molecule has 35 heavy (non-hydrogen) atoms. The van der Waals surface area contributed by atoms with E-state index >= 15 is 0 Å². The van der Waals surface area contributed by atoms with Gasteiger partial charge in [0, 0.05) is 36.1 Å². The molecule has 0 unspecified atom stereocenters. The normalized spacial score (nSPS) is 11.7. The second kappa shape index (κ2) is 11.6. The zero-order valence-electron chi connectivity index (χ0n) is 19.0. The molecule has 1 atom stereocenters. The molecular weight excluding hydrogens is 465 g/mol. The van der Waals surface area contributed by atoms with E-state index in [1.165, 1.54) is 17.0 Å². The number of rotatable bonds is 10. The van der Waals surface area contributed by atoms with Crippen LogP contribution in [-0.2, 0) is 22.4 Å². The monoisotopic (exact) mass is 489 g/mol. The second-order valence-corrected chi connectivity index (χ2v) is 8.73. The van der Waals surface area contributed by atoms with Gasteiger partial charge in [0.15, 0.2) is 0 Å². The van der Waals surface area contributed by atoms with Crippen LogP contribution in [0.2, 0.25) is 5.02 Å². The van der Waals surface area contributed by atoms with E-state index in [4.69, 9.17) is 11.6 Å². The number of nitrogens with zero attached hydrogens (tertiary/aromatic N) is 2. The first-order chi connectivity index (χ1) is 17.0. The molecule has 0 radical (unpaired) electrons. The highest BCUT2D eigenvalue weighted by atomic mass is 35.5. The van der Waals surface area contributed by atoms with Crippen molar-refractivity contribution in [2.45, 2.75) is 25.3 Å². The zero-order chi connectivity index (χ0) is 24.6. The van der Waals surface area contributed by atoms with Gasteiger partial charge in [-0.05, 0) is 77.2 Å². The van der Waals surface area contributed by atoms with E-state index in [0.29, 0.717) is 35.5 Å². The quantitative estimate of drug-likeness (QED) is 0.241. The van der Waals surface area contributed by atoms with Gasteiger partial charge in [0.2, 0.25) is 12.3 Å². The number of benzene rings is 3. The third-order valence-corrected chi connectivity index (χ3v) is 6.09. The fourth-order valence-corrected chi connectivity index (χ4v) is 4.13. The molecule has 1 N–H and O–H groups in total. The first-order valence-corrected chi connectivity index (χ1v) is 11.8. The Morgan fingerprint density at radius 1 is 1.03 bits per heavy atom. The lowest BCUT2D eigenvalue weighted by Gasteiger charge is -2.28. The molecule has 0 aliphatic carbocycles. The zero-order valence-corrected chi connectivity index (χ0v) is 19.8. The van der Waals surface area contributed by atoms with Gasteiger partial charge in [-0.1, -0.05) is 41.9 Å². The van der Waals surface area contributed by atoms with Crippen LogP contribution in [0.15, 0.2) is 85.2 Å². The SMILES string of the molecule is O=CN(c1ccc2cc(F)ccc2c1)[C@@H](Cc1ccc(Cl)cc1)C(=O)NCCCc1cccnc1. The van der Waals surface area contributed by atoms with Crippen molar-refractivity contribution in [2.75, 3.05) is 11.4 Å². The van der Waals surface area contributed by atoms with Gasteiger partial charge >= 0.3 is 0 Å². The van der Waals surface area contributed by atoms with Crippen LogP contribution in [0.25, 0.3) is 10.8 Å². The Kier molecular flexibility index (Phi) is 8.06. The van der Waals surface area contributed by atoms with Crippen molar-refractivity contribution in [3.05, 3.63) is 107 Å². The predicted molar refractivity (Wildman–Crippen MR) is 137 cm³/mol. The van der Waals surface area contributed by atoms with E-state index in [0.717, 1.165) is 29.4 Å². The van der Waals surface area contributed by atoms with E-state index in [2.05, 4.69) is 10.3 Å². The number of amides is 2. The molecular formula is C28H25ClFN3O2. The number of pyridine rings is 1. The minimum absolute atomic E-state index is 0.252. The average Bonchev–Trinajstić information content (AvgIpc) is 2.88. The van der Waals surface area contributed by atoms with Crippen LogP contribution in [0.4, 0.5) is 10.1 Å². The molecule has 1 heterocycles. The van der Waals surface area contributed by atoms with E-state index < -0.39 is 6.04 Å². The number of hydrogen-bond donors (Lipinski definition) is 1. The third kappa shape index (κ3) is 6.43. The van der Waals surface area contributed by atoms with Gasteiger partial charge < -0.3 is 10.2 Å². The Bertz CT molecular complexity index is 1300. The molecule has 178 valence electrons. The maximum atomic E-state index is 13.6. The minimum Gasteiger partial charge on any atom is -0.354 e. The Hall–Kier alpha value is -3.77. The number of carbonyl (C=O) groups excluding carboxylic acids is 2. The maximum absolute atomic E-state index is 13.6. The molecule has 0 saturated heterocycles. The number of carbonyl (C=O) groups is 2. The minimum atomic E-state index is -0.773. The van der Waals surface area contributed by atoms with Crippen LogP contribution < -0.4 is 10.2 Å². The number of nitrogens with one attached hydrogen (secondary N) is 1. The summed E-state index contributed by atoms with van der Waals surface area (Å²) in [5, 5.41) is 5.07. The van der Waals surface area contributed by atoms with Gasteiger partial charge in [0.25, 0.3) is 0 Å². The van der Waals surface area contributed by atoms with Crippen LogP contribution in [0.3, 0.4) is 0 Å². The van der Waals surface area contributed by atoms with Gasteiger partial charge in [-0.25, -0.2) is 4.39 Å². The Morgan fingerprint density at radius 3 is 2.54 bits per heavy atom. The summed E-state index contributed by atoms with van der Waals surface area (Å²) in [5.41, 5.74) is 2.53. The van der Waals surface area contributed by atoms with E-state index in [1.54, 1.807) is 42.6 Å². The molecule has 0 fully saturated rings. The fourth-order valence-electron chi connectivity index (χ4n) is 4.01. The third-order valence-electron chi connectivity index (χ3n) is 5.84. The number of halogens is 2. The summed E-state index contributed by atoms with van der Waals surface area (Å²) in [6, 6.07) is 20.0. The number of hydrogen-bond acceptors (Lipinski definition) is 3. The summed E-state index contributed by atoms with van der Waals surface area (Å²) >= 11 is 6.02. The second-order valence-electron chi connectivity index (χ2n) is 8.29.